The normalized spacial score (nSPS) is 14.8. The number of rotatable bonds is 6. The number of anilines is 1. The van der Waals surface area contributed by atoms with Gasteiger partial charge in [-0.1, -0.05) is 48.5 Å². The van der Waals surface area contributed by atoms with Crippen molar-refractivity contribution in [2.24, 2.45) is 0 Å². The number of piperazine rings is 1. The molecule has 0 atom stereocenters. The Labute approximate surface area is 186 Å². The van der Waals surface area contributed by atoms with E-state index in [0.717, 1.165) is 60.5 Å². The number of ether oxygens (including phenoxy) is 1. The Morgan fingerprint density at radius 3 is 2.35 bits per heavy atom. The van der Waals surface area contributed by atoms with Crippen LogP contribution in [0.4, 0.5) is 5.82 Å². The van der Waals surface area contributed by atoms with Crippen LogP contribution in [0, 0.1) is 6.92 Å². The topological polar surface area (TPSA) is 41.5 Å². The average Bonchev–Trinajstić information content (AvgIpc) is 3.20. The second-order valence-electron chi connectivity index (χ2n) is 7.80. The number of thiophene rings is 1. The molecular weight excluding hydrogens is 404 g/mol. The summed E-state index contributed by atoms with van der Waals surface area (Å²) in [5, 5.41) is 1.17. The lowest BCUT2D eigenvalue weighted by Gasteiger charge is -2.35. The van der Waals surface area contributed by atoms with Gasteiger partial charge in [-0.15, -0.1) is 11.3 Å². The summed E-state index contributed by atoms with van der Waals surface area (Å²) in [5.74, 6) is 2.81. The van der Waals surface area contributed by atoms with Crippen LogP contribution in [0.1, 0.15) is 4.88 Å². The molecule has 1 aliphatic rings. The molecule has 1 saturated heterocycles. The summed E-state index contributed by atoms with van der Waals surface area (Å²) in [4.78, 5) is 17.1. The largest absolute Gasteiger partial charge is 0.492 e. The van der Waals surface area contributed by atoms with Crippen LogP contribution in [-0.4, -0.2) is 54.2 Å². The lowest BCUT2D eigenvalue weighted by Crippen LogP contribution is -2.47. The van der Waals surface area contributed by atoms with Gasteiger partial charge < -0.3 is 9.64 Å². The molecule has 0 amide bonds. The predicted octanol–water partition coefficient (Wildman–Crippen LogP) is 4.87. The maximum atomic E-state index is 5.87. The summed E-state index contributed by atoms with van der Waals surface area (Å²) in [6.45, 7) is 7.73. The highest BCUT2D eigenvalue weighted by atomic mass is 32.1. The van der Waals surface area contributed by atoms with Crippen molar-refractivity contribution in [3.8, 4) is 17.1 Å². The summed E-state index contributed by atoms with van der Waals surface area (Å²) in [5.41, 5.74) is 1.06. The molecule has 158 valence electrons. The van der Waals surface area contributed by atoms with Gasteiger partial charge in [0.05, 0.1) is 5.39 Å². The monoisotopic (exact) mass is 430 g/mol. The summed E-state index contributed by atoms with van der Waals surface area (Å²) >= 11 is 1.74. The van der Waals surface area contributed by atoms with Gasteiger partial charge in [-0.2, -0.15) is 0 Å². The van der Waals surface area contributed by atoms with E-state index in [2.05, 4.69) is 34.9 Å². The van der Waals surface area contributed by atoms with Gasteiger partial charge in [-0.05, 0) is 25.1 Å². The molecule has 6 heteroatoms. The summed E-state index contributed by atoms with van der Waals surface area (Å²) in [6, 6.07) is 22.5. The van der Waals surface area contributed by atoms with E-state index in [1.54, 1.807) is 11.3 Å². The molecule has 5 rings (SSSR count). The van der Waals surface area contributed by atoms with Gasteiger partial charge in [0.25, 0.3) is 0 Å². The minimum atomic E-state index is 0.712. The van der Waals surface area contributed by atoms with E-state index in [1.807, 2.05) is 48.5 Å². The molecular formula is C25H26N4OS. The number of hydrogen-bond acceptors (Lipinski definition) is 6. The van der Waals surface area contributed by atoms with Crippen LogP contribution in [-0.2, 0) is 0 Å². The summed E-state index contributed by atoms with van der Waals surface area (Å²) < 4.78 is 5.87. The molecule has 31 heavy (non-hydrogen) atoms. The molecule has 0 unspecified atom stereocenters. The third-order valence-electron chi connectivity index (χ3n) is 5.62. The van der Waals surface area contributed by atoms with Crippen molar-refractivity contribution < 1.29 is 4.74 Å². The fourth-order valence-electron chi connectivity index (χ4n) is 3.98. The Balaban J connectivity index is 1.29. The summed E-state index contributed by atoms with van der Waals surface area (Å²) in [7, 11) is 0. The Kier molecular flexibility index (Phi) is 5.82. The van der Waals surface area contributed by atoms with Crippen molar-refractivity contribution in [3.63, 3.8) is 0 Å². The van der Waals surface area contributed by atoms with Crippen molar-refractivity contribution >= 4 is 27.4 Å². The van der Waals surface area contributed by atoms with Gasteiger partial charge in [0, 0.05) is 43.2 Å². The molecule has 1 aliphatic heterocycles. The van der Waals surface area contributed by atoms with Gasteiger partial charge in [0.1, 0.15) is 23.0 Å². The van der Waals surface area contributed by atoms with Crippen molar-refractivity contribution in [3.05, 3.63) is 71.6 Å². The van der Waals surface area contributed by atoms with Crippen molar-refractivity contribution in [2.75, 3.05) is 44.2 Å². The van der Waals surface area contributed by atoms with E-state index >= 15 is 0 Å². The van der Waals surface area contributed by atoms with Crippen molar-refractivity contribution in [1.82, 2.24) is 14.9 Å². The molecule has 0 bridgehead atoms. The number of aromatic nitrogens is 2. The van der Waals surface area contributed by atoms with E-state index < -0.39 is 0 Å². The zero-order chi connectivity index (χ0) is 21.0. The highest BCUT2D eigenvalue weighted by Crippen LogP contribution is 2.33. The van der Waals surface area contributed by atoms with Crippen molar-refractivity contribution in [1.29, 1.82) is 0 Å². The Morgan fingerprint density at radius 2 is 1.61 bits per heavy atom. The number of benzene rings is 2. The lowest BCUT2D eigenvalue weighted by atomic mass is 10.2. The number of fused-ring (bicyclic) bond motifs is 1. The molecule has 0 N–H and O–H groups in total. The Bertz CT molecular complexity index is 1140. The van der Waals surface area contributed by atoms with Crippen LogP contribution >= 0.6 is 11.3 Å². The molecule has 1 fully saturated rings. The van der Waals surface area contributed by atoms with Crippen LogP contribution in [0.25, 0.3) is 21.6 Å². The highest BCUT2D eigenvalue weighted by molar-refractivity contribution is 7.18. The molecule has 2 aromatic heterocycles. The fourth-order valence-corrected chi connectivity index (χ4v) is 4.85. The van der Waals surface area contributed by atoms with Gasteiger partial charge in [-0.3, -0.25) is 4.90 Å². The smallest absolute Gasteiger partial charge is 0.163 e. The first kappa shape index (κ1) is 20.0. The molecule has 2 aromatic carbocycles. The zero-order valence-corrected chi connectivity index (χ0v) is 18.5. The van der Waals surface area contributed by atoms with Gasteiger partial charge >= 0.3 is 0 Å². The first-order valence-corrected chi connectivity index (χ1v) is 11.6. The van der Waals surface area contributed by atoms with Gasteiger partial charge in [-0.25, -0.2) is 9.97 Å². The van der Waals surface area contributed by atoms with E-state index in [4.69, 9.17) is 14.7 Å². The first-order valence-electron chi connectivity index (χ1n) is 10.7. The maximum Gasteiger partial charge on any atom is 0.163 e. The predicted molar refractivity (Wildman–Crippen MR) is 128 cm³/mol. The fraction of sp³-hybridized carbons (Fsp3) is 0.280. The first-order chi connectivity index (χ1) is 15.3. The SMILES string of the molecule is Cc1cc2c(N3CCN(CCOc4ccccc4)CC3)nc(-c3ccccc3)nc2s1. The molecule has 5 nitrogen and oxygen atoms in total. The Morgan fingerprint density at radius 1 is 0.903 bits per heavy atom. The Hall–Kier alpha value is -2.96. The molecule has 4 aromatic rings. The average molecular weight is 431 g/mol. The van der Waals surface area contributed by atoms with Crippen LogP contribution in [0.3, 0.4) is 0 Å². The quantitative estimate of drug-likeness (QED) is 0.437. The second-order valence-corrected chi connectivity index (χ2v) is 9.04. The molecule has 0 saturated carbocycles. The zero-order valence-electron chi connectivity index (χ0n) is 17.7. The van der Waals surface area contributed by atoms with Gasteiger partial charge in [0.2, 0.25) is 0 Å². The van der Waals surface area contributed by atoms with Gasteiger partial charge in [0.15, 0.2) is 5.82 Å². The summed E-state index contributed by atoms with van der Waals surface area (Å²) in [6.07, 6.45) is 0. The van der Waals surface area contributed by atoms with Crippen LogP contribution < -0.4 is 9.64 Å². The molecule has 0 aliphatic carbocycles. The number of hydrogen-bond donors (Lipinski definition) is 0. The number of para-hydroxylation sites is 1. The minimum Gasteiger partial charge on any atom is -0.492 e. The van der Waals surface area contributed by atoms with Crippen molar-refractivity contribution in [2.45, 2.75) is 6.92 Å². The molecule has 0 spiro atoms. The highest BCUT2D eigenvalue weighted by Gasteiger charge is 2.22. The lowest BCUT2D eigenvalue weighted by molar-refractivity contribution is 0.200. The van der Waals surface area contributed by atoms with Crippen LogP contribution in [0.5, 0.6) is 5.75 Å². The van der Waals surface area contributed by atoms with Crippen LogP contribution in [0.2, 0.25) is 0 Å². The minimum absolute atomic E-state index is 0.712. The second kappa shape index (κ2) is 9.04. The number of nitrogens with zero attached hydrogens (tertiary/aromatic N) is 4. The third kappa shape index (κ3) is 4.55. The third-order valence-corrected chi connectivity index (χ3v) is 6.56. The standard InChI is InChI=1S/C25H26N4OS/c1-19-18-22-24(26-23(27-25(22)31-19)20-8-4-2-5-9-20)29-14-12-28(13-15-29)16-17-30-21-10-6-3-7-11-21/h2-11,18H,12-17H2,1H3. The van der Waals surface area contributed by atoms with E-state index in [0.29, 0.717) is 6.61 Å². The molecule has 3 heterocycles. The van der Waals surface area contributed by atoms with E-state index in [1.165, 1.54) is 10.3 Å². The maximum absolute atomic E-state index is 5.87. The van der Waals surface area contributed by atoms with E-state index in [-0.39, 0.29) is 0 Å². The van der Waals surface area contributed by atoms with E-state index in [9.17, 15) is 0 Å². The molecule has 0 radical (unpaired) electrons. The number of aryl methyl sites for hydroxylation is 1. The van der Waals surface area contributed by atoms with Crippen LogP contribution in [0.15, 0.2) is 66.7 Å².